The molecule has 3 rings (SSSR count). The van der Waals surface area contributed by atoms with Crippen molar-refractivity contribution in [1.82, 2.24) is 15.5 Å². The maximum Gasteiger partial charge on any atom is 0.321 e. The number of imide groups is 1. The second kappa shape index (κ2) is 7.53. The van der Waals surface area contributed by atoms with Gasteiger partial charge in [-0.25, -0.2) is 4.79 Å². The summed E-state index contributed by atoms with van der Waals surface area (Å²) in [5, 5.41) is 4.70. The number of benzene rings is 1. The largest absolute Gasteiger partial charge is 0.490 e. The Morgan fingerprint density at radius 3 is 2.79 bits per heavy atom. The zero-order valence-corrected chi connectivity index (χ0v) is 13.8. The molecule has 24 heavy (non-hydrogen) atoms. The summed E-state index contributed by atoms with van der Waals surface area (Å²) in [4.78, 5) is 25.3. The summed E-state index contributed by atoms with van der Waals surface area (Å²) < 4.78 is 11.4. The van der Waals surface area contributed by atoms with Crippen LogP contribution >= 0.6 is 0 Å². The topological polar surface area (TPSA) is 79.9 Å². The first-order valence-electron chi connectivity index (χ1n) is 8.32. The lowest BCUT2D eigenvalue weighted by molar-refractivity contribution is -0.121. The SMILES string of the molecule is CNC(=O)NC(=O)CN1CCC[C@@H]1c1ccc2c(c1)OCCCO2. The Hall–Kier alpha value is -2.28. The summed E-state index contributed by atoms with van der Waals surface area (Å²) in [5.74, 6) is 1.25. The van der Waals surface area contributed by atoms with Gasteiger partial charge in [0.1, 0.15) is 0 Å². The molecule has 0 radical (unpaired) electrons. The standard InChI is InChI=1S/C17H23N3O4/c1-18-17(22)19-16(21)11-20-7-2-4-13(20)12-5-6-14-15(10-12)24-9-3-8-23-14/h5-6,10,13H,2-4,7-9,11H2,1H3,(H2,18,19,21,22)/t13-/m1/s1. The molecule has 2 N–H and O–H groups in total. The zero-order valence-electron chi connectivity index (χ0n) is 13.8. The number of nitrogens with one attached hydrogen (secondary N) is 2. The Morgan fingerprint density at radius 1 is 1.21 bits per heavy atom. The van der Waals surface area contributed by atoms with E-state index >= 15 is 0 Å². The van der Waals surface area contributed by atoms with Gasteiger partial charge in [0.05, 0.1) is 19.8 Å². The minimum Gasteiger partial charge on any atom is -0.490 e. The molecule has 2 heterocycles. The highest BCUT2D eigenvalue weighted by atomic mass is 16.5. The van der Waals surface area contributed by atoms with Gasteiger partial charge in [-0.05, 0) is 37.1 Å². The first kappa shape index (κ1) is 16.6. The molecule has 0 aromatic heterocycles. The van der Waals surface area contributed by atoms with E-state index < -0.39 is 6.03 Å². The fourth-order valence-corrected chi connectivity index (χ4v) is 3.19. The van der Waals surface area contributed by atoms with E-state index in [1.54, 1.807) is 0 Å². The molecule has 7 nitrogen and oxygen atoms in total. The number of carbonyl (C=O) groups excluding carboxylic acids is 2. The van der Waals surface area contributed by atoms with Crippen molar-refractivity contribution < 1.29 is 19.1 Å². The summed E-state index contributed by atoms with van der Waals surface area (Å²) in [5.41, 5.74) is 1.12. The monoisotopic (exact) mass is 333 g/mol. The molecule has 0 saturated carbocycles. The second-order valence-corrected chi connectivity index (χ2v) is 6.01. The van der Waals surface area contributed by atoms with E-state index in [1.807, 2.05) is 18.2 Å². The Bertz CT molecular complexity index is 620. The van der Waals surface area contributed by atoms with Crippen LogP contribution in [0.25, 0.3) is 0 Å². The van der Waals surface area contributed by atoms with Gasteiger partial charge < -0.3 is 14.8 Å². The molecule has 0 unspecified atom stereocenters. The van der Waals surface area contributed by atoms with Crippen molar-refractivity contribution in [2.24, 2.45) is 0 Å². The highest BCUT2D eigenvalue weighted by molar-refractivity contribution is 5.95. The van der Waals surface area contributed by atoms with E-state index in [4.69, 9.17) is 9.47 Å². The van der Waals surface area contributed by atoms with Crippen molar-refractivity contribution in [1.29, 1.82) is 0 Å². The van der Waals surface area contributed by atoms with Crippen molar-refractivity contribution in [3.8, 4) is 11.5 Å². The summed E-state index contributed by atoms with van der Waals surface area (Å²) >= 11 is 0. The molecule has 3 amide bonds. The van der Waals surface area contributed by atoms with Gasteiger partial charge in [0, 0.05) is 19.5 Å². The average molecular weight is 333 g/mol. The van der Waals surface area contributed by atoms with Gasteiger partial charge in [0.25, 0.3) is 0 Å². The molecule has 7 heteroatoms. The summed E-state index contributed by atoms with van der Waals surface area (Å²) in [6, 6.07) is 5.66. The quantitative estimate of drug-likeness (QED) is 0.875. The molecule has 1 aromatic carbocycles. The molecule has 0 spiro atoms. The van der Waals surface area contributed by atoms with Crippen LogP contribution in [0.1, 0.15) is 30.9 Å². The van der Waals surface area contributed by atoms with Crippen molar-refractivity contribution >= 4 is 11.9 Å². The van der Waals surface area contributed by atoms with Crippen LogP contribution in [0.2, 0.25) is 0 Å². The summed E-state index contributed by atoms with van der Waals surface area (Å²) in [7, 11) is 1.49. The van der Waals surface area contributed by atoms with Crippen LogP contribution in [0.3, 0.4) is 0 Å². The second-order valence-electron chi connectivity index (χ2n) is 6.01. The van der Waals surface area contributed by atoms with Crippen LogP contribution < -0.4 is 20.1 Å². The lowest BCUT2D eigenvalue weighted by Gasteiger charge is -2.24. The third-order valence-electron chi connectivity index (χ3n) is 4.35. The van der Waals surface area contributed by atoms with Crippen LogP contribution in [-0.2, 0) is 4.79 Å². The fourth-order valence-electron chi connectivity index (χ4n) is 3.19. The lowest BCUT2D eigenvalue weighted by Crippen LogP contribution is -2.43. The number of amides is 3. The zero-order chi connectivity index (χ0) is 16.9. The van der Waals surface area contributed by atoms with Crippen molar-refractivity contribution in [3.63, 3.8) is 0 Å². The number of likely N-dealkylation sites (tertiary alicyclic amines) is 1. The van der Waals surface area contributed by atoms with E-state index in [-0.39, 0.29) is 18.5 Å². The van der Waals surface area contributed by atoms with Gasteiger partial charge >= 0.3 is 6.03 Å². The van der Waals surface area contributed by atoms with E-state index in [0.29, 0.717) is 13.2 Å². The molecule has 1 saturated heterocycles. The molecule has 1 atom stereocenters. The molecule has 2 aliphatic rings. The number of rotatable bonds is 3. The molecule has 2 aliphatic heterocycles. The van der Waals surface area contributed by atoms with Gasteiger partial charge in [-0.1, -0.05) is 6.07 Å². The average Bonchev–Trinajstić information content (AvgIpc) is 2.90. The van der Waals surface area contributed by atoms with Crippen molar-refractivity contribution in [3.05, 3.63) is 23.8 Å². The predicted octanol–water partition coefficient (Wildman–Crippen LogP) is 1.44. The number of carbonyl (C=O) groups is 2. The minimum absolute atomic E-state index is 0.151. The number of fused-ring (bicyclic) bond motifs is 1. The van der Waals surface area contributed by atoms with E-state index in [0.717, 1.165) is 42.9 Å². The predicted molar refractivity (Wildman–Crippen MR) is 88.2 cm³/mol. The van der Waals surface area contributed by atoms with Gasteiger partial charge in [-0.3, -0.25) is 15.0 Å². The number of hydrogen-bond donors (Lipinski definition) is 2. The van der Waals surface area contributed by atoms with Crippen LogP contribution in [0, 0.1) is 0 Å². The summed E-state index contributed by atoms with van der Waals surface area (Å²) in [6.07, 6.45) is 2.87. The maximum atomic E-state index is 12.0. The van der Waals surface area contributed by atoms with Crippen LogP contribution in [0.4, 0.5) is 4.79 Å². The van der Waals surface area contributed by atoms with Crippen LogP contribution in [-0.4, -0.2) is 50.2 Å². The third-order valence-corrected chi connectivity index (χ3v) is 4.35. The number of urea groups is 1. The van der Waals surface area contributed by atoms with Crippen molar-refractivity contribution in [2.45, 2.75) is 25.3 Å². The Kier molecular flexibility index (Phi) is 5.20. The minimum atomic E-state index is -0.480. The third kappa shape index (κ3) is 3.79. The Balaban J connectivity index is 1.70. The maximum absolute atomic E-state index is 12.0. The molecule has 1 aromatic rings. The number of nitrogens with zero attached hydrogens (tertiary/aromatic N) is 1. The van der Waals surface area contributed by atoms with E-state index in [1.165, 1.54) is 7.05 Å². The smallest absolute Gasteiger partial charge is 0.321 e. The van der Waals surface area contributed by atoms with Crippen molar-refractivity contribution in [2.75, 3.05) is 33.4 Å². The van der Waals surface area contributed by atoms with Crippen LogP contribution in [0.5, 0.6) is 11.5 Å². The van der Waals surface area contributed by atoms with Gasteiger partial charge in [-0.2, -0.15) is 0 Å². The number of ether oxygens (including phenoxy) is 2. The molecular weight excluding hydrogens is 310 g/mol. The highest BCUT2D eigenvalue weighted by Gasteiger charge is 2.28. The molecular formula is C17H23N3O4. The van der Waals surface area contributed by atoms with Gasteiger partial charge in [-0.15, -0.1) is 0 Å². The summed E-state index contributed by atoms with van der Waals surface area (Å²) in [6.45, 7) is 2.35. The Morgan fingerprint density at radius 2 is 2.00 bits per heavy atom. The highest BCUT2D eigenvalue weighted by Crippen LogP contribution is 2.37. The van der Waals surface area contributed by atoms with Gasteiger partial charge in [0.2, 0.25) is 5.91 Å². The number of hydrogen-bond acceptors (Lipinski definition) is 5. The van der Waals surface area contributed by atoms with E-state index in [9.17, 15) is 9.59 Å². The lowest BCUT2D eigenvalue weighted by atomic mass is 10.0. The van der Waals surface area contributed by atoms with Gasteiger partial charge in [0.15, 0.2) is 11.5 Å². The molecule has 0 aliphatic carbocycles. The molecule has 1 fully saturated rings. The molecule has 130 valence electrons. The Labute approximate surface area is 141 Å². The normalized spacial score (nSPS) is 20.3. The fraction of sp³-hybridized carbons (Fsp3) is 0.529. The van der Waals surface area contributed by atoms with E-state index in [2.05, 4.69) is 15.5 Å². The first-order valence-corrected chi connectivity index (χ1v) is 8.32. The van der Waals surface area contributed by atoms with Crippen LogP contribution in [0.15, 0.2) is 18.2 Å². The molecule has 0 bridgehead atoms. The first-order chi connectivity index (χ1) is 11.7.